The Hall–Kier alpha value is -0.620. The third kappa shape index (κ3) is 2.80. The highest BCUT2D eigenvalue weighted by molar-refractivity contribution is 7.15. The topological polar surface area (TPSA) is 7.12 Å². The van der Waals surface area contributed by atoms with Crippen LogP contribution in [-0.4, -0.2) is 7.05 Å². The Morgan fingerprint density at radius 1 is 1.12 bits per heavy atom. The van der Waals surface area contributed by atoms with E-state index in [1.807, 2.05) is 17.4 Å². The van der Waals surface area contributed by atoms with Crippen LogP contribution in [0.4, 0.5) is 10.8 Å². The highest BCUT2D eigenvalue weighted by Gasteiger charge is 2.21. The molecule has 0 radical (unpaired) electrons. The predicted octanol–water partition coefficient (Wildman–Crippen LogP) is -0.0387. The average Bonchev–Trinajstić information content (AvgIpc) is 2.57. The number of benzene rings is 1. The molecule has 1 heterocycles. The number of aryl methyl sites for hydroxylation is 1. The Balaban J connectivity index is 0.00000144. The van der Waals surface area contributed by atoms with Gasteiger partial charge in [-0.1, -0.05) is 29.5 Å². The molecule has 0 bridgehead atoms. The van der Waals surface area contributed by atoms with Crippen LogP contribution >= 0.6 is 11.3 Å². The summed E-state index contributed by atoms with van der Waals surface area (Å²) >= 11 is 1.83. The number of hydrogen-bond donors (Lipinski definition) is 0. The van der Waals surface area contributed by atoms with E-state index in [9.17, 15) is 0 Å². The van der Waals surface area contributed by atoms with Gasteiger partial charge >= 0.3 is 5.13 Å². The van der Waals surface area contributed by atoms with Gasteiger partial charge in [-0.15, -0.1) is 0 Å². The monoisotopic (exact) mass is 360 g/mol. The minimum Gasteiger partial charge on any atom is -1.00 e. The molecule has 1 aromatic carbocycles. The molecule has 0 aliphatic rings. The molecule has 4 heteroatoms. The number of para-hydroxylation sites is 1. The Bertz CT molecular complexity index is 494. The first kappa shape index (κ1) is 14.4. The van der Waals surface area contributed by atoms with Crippen LogP contribution in [0.25, 0.3) is 0 Å². The van der Waals surface area contributed by atoms with Gasteiger partial charge in [0, 0.05) is 0 Å². The lowest BCUT2D eigenvalue weighted by Crippen LogP contribution is -3.00. The van der Waals surface area contributed by atoms with Crippen LogP contribution in [-0.2, 0) is 7.05 Å². The molecule has 0 fully saturated rings. The summed E-state index contributed by atoms with van der Waals surface area (Å²) in [5.41, 5.74) is 2.56. The van der Waals surface area contributed by atoms with Gasteiger partial charge < -0.3 is 24.0 Å². The van der Waals surface area contributed by atoms with Crippen molar-refractivity contribution in [1.29, 1.82) is 0 Å². The zero-order chi connectivity index (χ0) is 11.7. The van der Waals surface area contributed by atoms with Crippen LogP contribution in [0.5, 0.6) is 0 Å². The van der Waals surface area contributed by atoms with E-state index >= 15 is 0 Å². The fourth-order valence-electron chi connectivity index (χ4n) is 1.71. The molecule has 92 valence electrons. The van der Waals surface area contributed by atoms with Crippen LogP contribution in [0.2, 0.25) is 0 Å². The summed E-state index contributed by atoms with van der Waals surface area (Å²) in [5.74, 6) is 0. The zero-order valence-electron chi connectivity index (χ0n) is 10.6. The highest BCUT2D eigenvalue weighted by Crippen LogP contribution is 2.27. The zero-order valence-corrected chi connectivity index (χ0v) is 13.5. The van der Waals surface area contributed by atoms with Crippen LogP contribution in [0.15, 0.2) is 30.3 Å². The quantitative estimate of drug-likeness (QED) is 0.539. The van der Waals surface area contributed by atoms with E-state index in [-0.39, 0.29) is 24.0 Å². The number of hydrogen-bond acceptors (Lipinski definition) is 2. The van der Waals surface area contributed by atoms with Crippen LogP contribution in [0.3, 0.4) is 0 Å². The van der Waals surface area contributed by atoms with Crippen molar-refractivity contribution in [3.05, 3.63) is 40.9 Å². The fourth-order valence-corrected chi connectivity index (χ4v) is 2.79. The second kappa shape index (κ2) is 5.82. The van der Waals surface area contributed by atoms with Crippen molar-refractivity contribution in [3.8, 4) is 0 Å². The third-order valence-electron chi connectivity index (χ3n) is 2.97. The third-order valence-corrected chi connectivity index (χ3v) is 4.31. The molecule has 0 aliphatic carbocycles. The number of aromatic nitrogens is 1. The normalized spacial score (nSPS) is 9.88. The van der Waals surface area contributed by atoms with E-state index in [0.29, 0.717) is 0 Å². The molecule has 0 amide bonds. The fraction of sp³-hybridized carbons (Fsp3) is 0.308. The van der Waals surface area contributed by atoms with Crippen molar-refractivity contribution in [2.45, 2.75) is 13.8 Å². The van der Waals surface area contributed by atoms with Gasteiger partial charge in [0.1, 0.15) is 11.4 Å². The summed E-state index contributed by atoms with van der Waals surface area (Å²) in [6.07, 6.45) is 0. The van der Waals surface area contributed by atoms with Gasteiger partial charge in [0.2, 0.25) is 0 Å². The van der Waals surface area contributed by atoms with Crippen molar-refractivity contribution in [2.75, 3.05) is 11.9 Å². The number of thiazole rings is 1. The van der Waals surface area contributed by atoms with Crippen molar-refractivity contribution < 1.29 is 28.5 Å². The summed E-state index contributed by atoms with van der Waals surface area (Å²) in [7, 11) is 4.23. The first-order valence-electron chi connectivity index (χ1n) is 5.36. The Kier molecular flexibility index (Phi) is 4.94. The second-order valence-electron chi connectivity index (χ2n) is 3.98. The van der Waals surface area contributed by atoms with E-state index < -0.39 is 0 Å². The van der Waals surface area contributed by atoms with E-state index in [1.54, 1.807) is 0 Å². The standard InChI is InChI=1S/C13H17N2S.HI/c1-10-11(2)16-13(14(10)3)15(4)12-8-6-5-7-9-12;/h5-9H,1-4H3;1H/q+1;/p-1. The van der Waals surface area contributed by atoms with Gasteiger partial charge in [-0.2, -0.15) is 0 Å². The van der Waals surface area contributed by atoms with Crippen molar-refractivity contribution in [2.24, 2.45) is 7.05 Å². The first-order chi connectivity index (χ1) is 7.61. The van der Waals surface area contributed by atoms with Gasteiger partial charge in [-0.3, -0.25) is 0 Å². The molecule has 0 N–H and O–H groups in total. The van der Waals surface area contributed by atoms with Crippen LogP contribution in [0, 0.1) is 13.8 Å². The molecule has 0 unspecified atom stereocenters. The lowest BCUT2D eigenvalue weighted by Gasteiger charge is -2.09. The maximum absolute atomic E-state index is 2.24. The van der Waals surface area contributed by atoms with Gasteiger partial charge in [0.25, 0.3) is 0 Å². The smallest absolute Gasteiger partial charge is 0.341 e. The Morgan fingerprint density at radius 2 is 1.71 bits per heavy atom. The van der Waals surface area contributed by atoms with Gasteiger partial charge in [0.05, 0.1) is 19.0 Å². The molecule has 17 heavy (non-hydrogen) atoms. The molecular weight excluding hydrogens is 343 g/mol. The molecule has 0 spiro atoms. The van der Waals surface area contributed by atoms with Crippen LogP contribution in [0.1, 0.15) is 10.6 Å². The molecule has 0 atom stereocenters. The van der Waals surface area contributed by atoms with Gasteiger partial charge in [-0.25, -0.2) is 9.47 Å². The van der Waals surface area contributed by atoms with Gasteiger partial charge in [0.15, 0.2) is 0 Å². The summed E-state index contributed by atoms with van der Waals surface area (Å²) in [6, 6.07) is 10.4. The Morgan fingerprint density at radius 3 is 2.18 bits per heavy atom. The van der Waals surface area contributed by atoms with Crippen molar-refractivity contribution in [1.82, 2.24) is 0 Å². The van der Waals surface area contributed by atoms with Crippen LogP contribution < -0.4 is 33.4 Å². The number of rotatable bonds is 2. The number of nitrogens with zero attached hydrogens (tertiary/aromatic N) is 2. The summed E-state index contributed by atoms with van der Waals surface area (Å²) in [6.45, 7) is 4.33. The highest BCUT2D eigenvalue weighted by atomic mass is 127. The second-order valence-corrected chi connectivity index (χ2v) is 5.16. The minimum atomic E-state index is 0. The SMILES string of the molecule is Cc1sc(N(C)c2ccccc2)[n+](C)c1C.[I-]. The molecule has 0 saturated heterocycles. The maximum Gasteiger partial charge on any atom is 0.341 e. The van der Waals surface area contributed by atoms with Crippen molar-refractivity contribution >= 4 is 22.2 Å². The van der Waals surface area contributed by atoms with E-state index in [1.165, 1.54) is 21.4 Å². The first-order valence-corrected chi connectivity index (χ1v) is 6.17. The van der Waals surface area contributed by atoms with Gasteiger partial charge in [-0.05, 0) is 26.0 Å². The predicted molar refractivity (Wildman–Crippen MR) is 69.5 cm³/mol. The summed E-state index contributed by atoms with van der Waals surface area (Å²) in [5, 5.41) is 1.27. The molecule has 2 rings (SSSR count). The lowest BCUT2D eigenvalue weighted by molar-refractivity contribution is -0.660. The lowest BCUT2D eigenvalue weighted by atomic mass is 10.3. The molecular formula is C13H17IN2S. The summed E-state index contributed by atoms with van der Waals surface area (Å²) < 4.78 is 2.24. The molecule has 1 aromatic heterocycles. The molecule has 0 saturated carbocycles. The molecule has 2 nitrogen and oxygen atoms in total. The maximum atomic E-state index is 2.24. The number of halogens is 1. The van der Waals surface area contributed by atoms with Crippen molar-refractivity contribution in [3.63, 3.8) is 0 Å². The number of anilines is 2. The molecule has 0 aliphatic heterocycles. The van der Waals surface area contributed by atoms with E-state index in [0.717, 1.165) is 0 Å². The summed E-state index contributed by atoms with van der Waals surface area (Å²) in [4.78, 5) is 3.60. The minimum absolute atomic E-state index is 0. The van der Waals surface area contributed by atoms with E-state index in [4.69, 9.17) is 0 Å². The Labute approximate surface area is 124 Å². The largest absolute Gasteiger partial charge is 1.00 e. The molecule has 2 aromatic rings. The average molecular weight is 360 g/mol. The van der Waals surface area contributed by atoms with E-state index in [2.05, 4.69) is 61.7 Å².